The maximum Gasteiger partial charge on any atom is 0.241 e. The Kier molecular flexibility index (Phi) is 4.90. The van der Waals surface area contributed by atoms with Crippen molar-refractivity contribution in [1.82, 2.24) is 15.1 Å². The summed E-state index contributed by atoms with van der Waals surface area (Å²) in [5.74, 6) is 0.218. The van der Waals surface area contributed by atoms with Crippen molar-refractivity contribution < 1.29 is 9.53 Å². The second-order valence-electron chi connectivity index (χ2n) is 5.65. The van der Waals surface area contributed by atoms with Crippen molar-refractivity contribution in [3.8, 4) is 0 Å². The molecule has 2 saturated heterocycles. The van der Waals surface area contributed by atoms with Gasteiger partial charge in [-0.3, -0.25) is 15.0 Å². The van der Waals surface area contributed by atoms with Crippen LogP contribution in [0.15, 0.2) is 17.5 Å². The maximum absolute atomic E-state index is 12.3. The lowest BCUT2D eigenvalue weighted by atomic mass is 10.3. The summed E-state index contributed by atoms with van der Waals surface area (Å²) in [7, 11) is 0. The zero-order chi connectivity index (χ0) is 14.7. The first-order chi connectivity index (χ1) is 10.3. The monoisotopic (exact) mass is 309 g/mol. The number of hydrogen-bond acceptors (Lipinski definition) is 5. The topological polar surface area (TPSA) is 44.8 Å². The third kappa shape index (κ3) is 3.45. The van der Waals surface area contributed by atoms with Gasteiger partial charge < -0.3 is 9.64 Å². The third-order valence-corrected chi connectivity index (χ3v) is 5.09. The highest BCUT2D eigenvalue weighted by molar-refractivity contribution is 7.10. The zero-order valence-corrected chi connectivity index (χ0v) is 13.3. The second kappa shape index (κ2) is 6.87. The van der Waals surface area contributed by atoms with Gasteiger partial charge in [0.2, 0.25) is 5.91 Å². The van der Waals surface area contributed by atoms with E-state index in [-0.39, 0.29) is 18.1 Å². The zero-order valence-electron chi connectivity index (χ0n) is 12.5. The van der Waals surface area contributed by atoms with Crippen LogP contribution >= 0.6 is 11.3 Å². The van der Waals surface area contributed by atoms with Gasteiger partial charge in [0, 0.05) is 31.1 Å². The molecule has 0 spiro atoms. The van der Waals surface area contributed by atoms with Crippen LogP contribution in [0, 0.1) is 0 Å². The Morgan fingerprint density at radius 2 is 2.19 bits per heavy atom. The van der Waals surface area contributed by atoms with E-state index >= 15 is 0 Å². The highest BCUT2D eigenvalue weighted by Gasteiger charge is 2.37. The smallest absolute Gasteiger partial charge is 0.241 e. The summed E-state index contributed by atoms with van der Waals surface area (Å²) in [5, 5.41) is 5.46. The highest BCUT2D eigenvalue weighted by Crippen LogP contribution is 2.28. The number of ether oxygens (including phenoxy) is 1. The molecule has 2 fully saturated rings. The van der Waals surface area contributed by atoms with Gasteiger partial charge in [-0.15, -0.1) is 11.3 Å². The largest absolute Gasteiger partial charge is 0.379 e. The van der Waals surface area contributed by atoms with Crippen molar-refractivity contribution in [1.29, 1.82) is 0 Å². The molecule has 21 heavy (non-hydrogen) atoms. The van der Waals surface area contributed by atoms with Crippen molar-refractivity contribution in [2.24, 2.45) is 0 Å². The lowest BCUT2D eigenvalue weighted by molar-refractivity contribution is -0.129. The van der Waals surface area contributed by atoms with E-state index in [2.05, 4.69) is 21.7 Å². The third-order valence-electron chi connectivity index (χ3n) is 4.16. The lowest BCUT2D eigenvalue weighted by Crippen LogP contribution is -2.39. The van der Waals surface area contributed by atoms with Gasteiger partial charge in [0.1, 0.15) is 6.17 Å². The van der Waals surface area contributed by atoms with E-state index in [1.165, 1.54) is 4.88 Å². The van der Waals surface area contributed by atoms with E-state index in [4.69, 9.17) is 4.74 Å². The van der Waals surface area contributed by atoms with Gasteiger partial charge in [-0.1, -0.05) is 6.07 Å². The van der Waals surface area contributed by atoms with Gasteiger partial charge in [0.15, 0.2) is 0 Å². The van der Waals surface area contributed by atoms with E-state index in [9.17, 15) is 4.79 Å². The summed E-state index contributed by atoms with van der Waals surface area (Å²) in [4.78, 5) is 18.0. The molecule has 2 aliphatic heterocycles. The molecule has 0 radical (unpaired) electrons. The van der Waals surface area contributed by atoms with Crippen LogP contribution in [-0.2, 0) is 9.53 Å². The molecule has 0 aromatic carbocycles. The van der Waals surface area contributed by atoms with Gasteiger partial charge in [-0.25, -0.2) is 0 Å². The molecule has 1 aromatic heterocycles. The van der Waals surface area contributed by atoms with E-state index in [0.717, 1.165) is 45.8 Å². The van der Waals surface area contributed by atoms with Crippen LogP contribution in [-0.4, -0.2) is 61.1 Å². The van der Waals surface area contributed by atoms with Gasteiger partial charge >= 0.3 is 0 Å². The fraction of sp³-hybridized carbons (Fsp3) is 0.667. The summed E-state index contributed by atoms with van der Waals surface area (Å²) in [6.45, 7) is 7.49. The maximum atomic E-state index is 12.3. The first-order valence-electron chi connectivity index (χ1n) is 7.66. The van der Waals surface area contributed by atoms with Crippen LogP contribution in [0.5, 0.6) is 0 Å². The average Bonchev–Trinajstić information content (AvgIpc) is 3.12. The molecule has 1 amide bonds. The summed E-state index contributed by atoms with van der Waals surface area (Å²) in [5.41, 5.74) is 0. The Morgan fingerprint density at radius 3 is 2.90 bits per heavy atom. The first kappa shape index (κ1) is 15.0. The number of nitrogens with one attached hydrogen (secondary N) is 1. The number of nitrogens with zero attached hydrogens (tertiary/aromatic N) is 2. The molecule has 0 saturated carbocycles. The molecule has 0 aliphatic carbocycles. The van der Waals surface area contributed by atoms with Gasteiger partial charge in [-0.05, 0) is 24.8 Å². The van der Waals surface area contributed by atoms with Gasteiger partial charge in [0.05, 0.1) is 19.3 Å². The van der Waals surface area contributed by atoms with Crippen molar-refractivity contribution in [2.45, 2.75) is 25.6 Å². The summed E-state index contributed by atoms with van der Waals surface area (Å²) < 4.78 is 5.36. The number of hydrogen-bond donors (Lipinski definition) is 1. The Hall–Kier alpha value is -0.950. The van der Waals surface area contributed by atoms with Crippen LogP contribution in [0.1, 0.15) is 24.4 Å². The van der Waals surface area contributed by atoms with Crippen LogP contribution in [0.25, 0.3) is 0 Å². The molecule has 3 heterocycles. The summed E-state index contributed by atoms with van der Waals surface area (Å²) in [6, 6.07) is 4.06. The number of morpholine rings is 1. The molecular formula is C15H23N3O2S. The molecule has 2 atom stereocenters. The Labute approximate surface area is 129 Å². The van der Waals surface area contributed by atoms with Crippen LogP contribution in [0.2, 0.25) is 0 Å². The highest BCUT2D eigenvalue weighted by atomic mass is 32.1. The van der Waals surface area contributed by atoms with E-state index in [1.807, 2.05) is 17.9 Å². The predicted octanol–water partition coefficient (Wildman–Crippen LogP) is 1.29. The number of carbonyl (C=O) groups excluding carboxylic acids is 1. The van der Waals surface area contributed by atoms with Gasteiger partial charge in [-0.2, -0.15) is 0 Å². The molecule has 1 N–H and O–H groups in total. The molecule has 0 bridgehead atoms. The van der Waals surface area contributed by atoms with Crippen LogP contribution < -0.4 is 5.32 Å². The summed E-state index contributed by atoms with van der Waals surface area (Å²) in [6.07, 6.45) is 1.07. The minimum atomic E-state index is -0.0829. The van der Waals surface area contributed by atoms with Crippen molar-refractivity contribution in [3.63, 3.8) is 0 Å². The fourth-order valence-corrected chi connectivity index (χ4v) is 3.78. The molecule has 1 aromatic rings. The minimum absolute atomic E-state index is 0.0530. The van der Waals surface area contributed by atoms with Crippen molar-refractivity contribution in [2.75, 3.05) is 39.4 Å². The number of rotatable bonds is 5. The van der Waals surface area contributed by atoms with E-state index in [1.54, 1.807) is 11.3 Å². The Balaban J connectivity index is 1.55. The van der Waals surface area contributed by atoms with E-state index < -0.39 is 0 Å². The number of amides is 1. The van der Waals surface area contributed by atoms with E-state index in [0.29, 0.717) is 0 Å². The molecule has 5 nitrogen and oxygen atoms in total. The van der Waals surface area contributed by atoms with Crippen molar-refractivity contribution in [3.05, 3.63) is 22.4 Å². The molecule has 2 unspecified atom stereocenters. The average molecular weight is 309 g/mol. The molecule has 116 valence electrons. The Morgan fingerprint density at radius 1 is 1.38 bits per heavy atom. The lowest BCUT2D eigenvalue weighted by Gasteiger charge is -2.28. The Bertz CT molecular complexity index is 459. The quantitative estimate of drug-likeness (QED) is 0.890. The number of carbonyl (C=O) groups is 1. The molecular weight excluding hydrogens is 286 g/mol. The minimum Gasteiger partial charge on any atom is -0.379 e. The fourth-order valence-electron chi connectivity index (χ4n) is 2.99. The first-order valence-corrected chi connectivity index (χ1v) is 8.54. The normalized spacial score (nSPS) is 27.5. The second-order valence-corrected chi connectivity index (χ2v) is 6.62. The molecule has 6 heteroatoms. The van der Waals surface area contributed by atoms with Crippen molar-refractivity contribution >= 4 is 17.2 Å². The van der Waals surface area contributed by atoms with Crippen LogP contribution in [0.3, 0.4) is 0 Å². The molecule has 2 aliphatic rings. The van der Waals surface area contributed by atoms with Gasteiger partial charge in [0.25, 0.3) is 0 Å². The standard InChI is InChI=1S/C15H23N3O2S/c1-12-15(19)18(14(16-12)13-4-2-11-21-13)6-3-5-17-7-9-20-10-8-17/h2,4,11-12,14,16H,3,5-10H2,1H3. The predicted molar refractivity (Wildman–Crippen MR) is 83.2 cm³/mol. The number of thiophene rings is 1. The summed E-state index contributed by atoms with van der Waals surface area (Å²) >= 11 is 1.71. The SMILES string of the molecule is CC1NC(c2cccs2)N(CCCN2CCOCC2)C1=O. The molecule has 3 rings (SSSR count). The van der Waals surface area contributed by atoms with Crippen LogP contribution in [0.4, 0.5) is 0 Å².